The van der Waals surface area contributed by atoms with Crippen LogP contribution < -0.4 is 5.43 Å². The number of aromatic nitrogens is 4. The molecule has 5 rings (SSSR count). The minimum Gasteiger partial charge on any atom is -0.285 e. The van der Waals surface area contributed by atoms with Gasteiger partial charge in [0.2, 0.25) is 0 Å². The maximum absolute atomic E-state index is 13.4. The molecule has 1 N–H and O–H groups in total. The highest BCUT2D eigenvalue weighted by molar-refractivity contribution is 6.00. The quantitative estimate of drug-likeness (QED) is 0.528. The molecule has 3 aromatic heterocycles. The van der Waals surface area contributed by atoms with Gasteiger partial charge in [-0.05, 0) is 18.2 Å². The number of piperidine rings is 1. The number of halogens is 2. The zero-order valence-electron chi connectivity index (χ0n) is 17.1. The molecule has 0 aliphatic carbocycles. The molecule has 0 bridgehead atoms. The number of pyridine rings is 1. The molecule has 0 unspecified atom stereocenters. The Kier molecular flexibility index (Phi) is 5.10. The van der Waals surface area contributed by atoms with E-state index in [2.05, 4.69) is 15.5 Å². The molecule has 4 aromatic rings. The van der Waals surface area contributed by atoms with Gasteiger partial charge >= 0.3 is 0 Å². The molecule has 0 saturated carbocycles. The molecule has 32 heavy (non-hydrogen) atoms. The van der Waals surface area contributed by atoms with Crippen LogP contribution in [-0.2, 0) is 0 Å². The van der Waals surface area contributed by atoms with Crippen molar-refractivity contribution in [2.75, 3.05) is 13.1 Å². The Balaban J connectivity index is 1.57. The van der Waals surface area contributed by atoms with Crippen molar-refractivity contribution in [2.24, 2.45) is 0 Å². The van der Waals surface area contributed by atoms with Crippen LogP contribution in [0.15, 0.2) is 67.1 Å². The lowest BCUT2D eigenvalue weighted by molar-refractivity contribution is -0.0631. The first-order chi connectivity index (χ1) is 15.5. The van der Waals surface area contributed by atoms with E-state index in [0.29, 0.717) is 22.6 Å². The van der Waals surface area contributed by atoms with Crippen LogP contribution in [0, 0.1) is 0 Å². The van der Waals surface area contributed by atoms with Crippen LogP contribution in [-0.4, -0.2) is 49.5 Å². The number of amides is 1. The molecule has 9 heteroatoms. The van der Waals surface area contributed by atoms with E-state index in [1.807, 2.05) is 42.5 Å². The van der Waals surface area contributed by atoms with Gasteiger partial charge in [0.15, 0.2) is 5.65 Å². The number of benzene rings is 1. The van der Waals surface area contributed by atoms with Crippen molar-refractivity contribution >= 4 is 11.6 Å². The fourth-order valence-electron chi connectivity index (χ4n) is 3.83. The number of rotatable bonds is 4. The van der Waals surface area contributed by atoms with Crippen molar-refractivity contribution in [3.8, 4) is 22.5 Å². The zero-order chi connectivity index (χ0) is 22.1. The monoisotopic (exact) mass is 434 g/mol. The molecule has 1 aliphatic heterocycles. The van der Waals surface area contributed by atoms with Gasteiger partial charge in [0.1, 0.15) is 5.69 Å². The van der Waals surface area contributed by atoms with E-state index in [1.54, 1.807) is 23.0 Å². The number of hydrogen-bond acceptors (Lipinski definition) is 5. The number of carbonyl (C=O) groups is 1. The number of hydrogen-bond donors (Lipinski definition) is 1. The van der Waals surface area contributed by atoms with Crippen LogP contribution in [0.3, 0.4) is 0 Å². The van der Waals surface area contributed by atoms with Gasteiger partial charge in [-0.2, -0.15) is 5.10 Å². The minimum atomic E-state index is -2.68. The van der Waals surface area contributed by atoms with Gasteiger partial charge in [-0.1, -0.05) is 30.3 Å². The maximum Gasteiger partial charge on any atom is 0.269 e. The molecular weight excluding hydrogens is 414 g/mol. The Bertz CT molecular complexity index is 1250. The third-order valence-corrected chi connectivity index (χ3v) is 5.50. The van der Waals surface area contributed by atoms with Crippen molar-refractivity contribution in [3.05, 3.63) is 72.7 Å². The summed E-state index contributed by atoms with van der Waals surface area (Å²) in [7, 11) is 0. The second kappa shape index (κ2) is 8.08. The van der Waals surface area contributed by atoms with Crippen LogP contribution in [0.1, 0.15) is 23.2 Å². The summed E-state index contributed by atoms with van der Waals surface area (Å²) < 4.78 is 28.5. The number of hydrazine groups is 1. The SMILES string of the molecule is O=C(NN1CCC(F)(F)CC1)c1ccnn2c(-c3cccnc3)c(-c3ccccc3)nc12. The summed E-state index contributed by atoms with van der Waals surface area (Å²) in [6.07, 6.45) is 4.36. The summed E-state index contributed by atoms with van der Waals surface area (Å²) in [6, 6.07) is 14.9. The number of imidazole rings is 1. The second-order valence-electron chi connectivity index (χ2n) is 7.68. The van der Waals surface area contributed by atoms with E-state index < -0.39 is 11.8 Å². The summed E-state index contributed by atoms with van der Waals surface area (Å²) in [5.41, 5.74) is 6.50. The average Bonchev–Trinajstić information content (AvgIpc) is 3.21. The zero-order valence-corrected chi connectivity index (χ0v) is 17.1. The molecule has 1 aliphatic rings. The number of nitrogens with one attached hydrogen (secondary N) is 1. The van der Waals surface area contributed by atoms with Gasteiger partial charge in [0.05, 0.1) is 11.3 Å². The lowest BCUT2D eigenvalue weighted by Crippen LogP contribution is -2.49. The van der Waals surface area contributed by atoms with E-state index in [0.717, 1.165) is 11.1 Å². The average molecular weight is 434 g/mol. The molecule has 0 radical (unpaired) electrons. The number of carbonyl (C=O) groups excluding carboxylic acids is 1. The number of alkyl halides is 2. The van der Waals surface area contributed by atoms with Gasteiger partial charge in [0.25, 0.3) is 11.8 Å². The Hall–Kier alpha value is -3.72. The smallest absolute Gasteiger partial charge is 0.269 e. The summed E-state index contributed by atoms with van der Waals surface area (Å²) in [5.74, 6) is -3.10. The Labute approximate surface area is 182 Å². The third kappa shape index (κ3) is 3.82. The summed E-state index contributed by atoms with van der Waals surface area (Å²) in [5, 5.41) is 5.97. The highest BCUT2D eigenvalue weighted by Crippen LogP contribution is 2.32. The van der Waals surface area contributed by atoms with Crippen LogP contribution in [0.25, 0.3) is 28.2 Å². The molecule has 1 amide bonds. The van der Waals surface area contributed by atoms with Gasteiger partial charge in [-0.25, -0.2) is 23.3 Å². The molecule has 1 saturated heterocycles. The topological polar surface area (TPSA) is 75.4 Å². The number of fused-ring (bicyclic) bond motifs is 1. The second-order valence-corrected chi connectivity index (χ2v) is 7.68. The van der Waals surface area contributed by atoms with Crippen molar-refractivity contribution in [1.82, 2.24) is 30.0 Å². The van der Waals surface area contributed by atoms with Gasteiger partial charge < -0.3 is 0 Å². The highest BCUT2D eigenvalue weighted by atomic mass is 19.3. The predicted octanol–water partition coefficient (Wildman–Crippen LogP) is 3.83. The molecule has 7 nitrogen and oxygen atoms in total. The largest absolute Gasteiger partial charge is 0.285 e. The van der Waals surface area contributed by atoms with E-state index in [1.165, 1.54) is 11.2 Å². The summed E-state index contributed by atoms with van der Waals surface area (Å²) in [6.45, 7) is 0.176. The van der Waals surface area contributed by atoms with Crippen molar-refractivity contribution < 1.29 is 13.6 Å². The molecule has 4 heterocycles. The van der Waals surface area contributed by atoms with Crippen LogP contribution in [0.4, 0.5) is 8.78 Å². The van der Waals surface area contributed by atoms with E-state index in [-0.39, 0.29) is 25.9 Å². The summed E-state index contributed by atoms with van der Waals surface area (Å²) in [4.78, 5) is 22.0. The third-order valence-electron chi connectivity index (χ3n) is 5.50. The molecule has 162 valence electrons. The Morgan fingerprint density at radius 2 is 1.72 bits per heavy atom. The predicted molar refractivity (Wildman–Crippen MR) is 115 cm³/mol. The normalized spacial score (nSPS) is 16.2. The fourth-order valence-corrected chi connectivity index (χ4v) is 3.83. The molecule has 1 fully saturated rings. The minimum absolute atomic E-state index is 0.0880. The molecular formula is C23H20F2N6O. The maximum atomic E-state index is 13.4. The van der Waals surface area contributed by atoms with Crippen molar-refractivity contribution in [3.63, 3.8) is 0 Å². The fraction of sp³-hybridized carbons (Fsp3) is 0.217. The van der Waals surface area contributed by atoms with Crippen LogP contribution in [0.5, 0.6) is 0 Å². The van der Waals surface area contributed by atoms with E-state index in [4.69, 9.17) is 4.98 Å². The molecule has 0 spiro atoms. The van der Waals surface area contributed by atoms with Crippen molar-refractivity contribution in [1.29, 1.82) is 0 Å². The number of nitrogens with zero attached hydrogens (tertiary/aromatic N) is 5. The van der Waals surface area contributed by atoms with Crippen LogP contribution >= 0.6 is 0 Å². The van der Waals surface area contributed by atoms with Gasteiger partial charge in [0, 0.05) is 55.6 Å². The standard InChI is InChI=1S/C23H20F2N6O/c24-23(25)9-13-30(14-10-23)29-22(32)18-8-12-27-31-20(17-7-4-11-26-15-17)19(28-21(18)31)16-5-2-1-3-6-16/h1-8,11-12,15H,9-10,13-14H2,(H,29,32). The Morgan fingerprint density at radius 1 is 0.969 bits per heavy atom. The first-order valence-electron chi connectivity index (χ1n) is 10.3. The van der Waals surface area contributed by atoms with E-state index >= 15 is 0 Å². The van der Waals surface area contributed by atoms with Gasteiger partial charge in [-0.15, -0.1) is 0 Å². The first kappa shape index (κ1) is 20.2. The highest BCUT2D eigenvalue weighted by Gasteiger charge is 2.34. The van der Waals surface area contributed by atoms with Crippen LogP contribution in [0.2, 0.25) is 0 Å². The first-order valence-corrected chi connectivity index (χ1v) is 10.3. The van der Waals surface area contributed by atoms with E-state index in [9.17, 15) is 13.6 Å². The molecule has 1 aromatic carbocycles. The molecule has 0 atom stereocenters. The Morgan fingerprint density at radius 3 is 2.44 bits per heavy atom. The van der Waals surface area contributed by atoms with Crippen molar-refractivity contribution in [2.45, 2.75) is 18.8 Å². The lowest BCUT2D eigenvalue weighted by atomic mass is 10.1. The summed E-state index contributed by atoms with van der Waals surface area (Å²) >= 11 is 0. The lowest BCUT2D eigenvalue weighted by Gasteiger charge is -2.31. The van der Waals surface area contributed by atoms with Gasteiger partial charge in [-0.3, -0.25) is 15.2 Å².